The molecule has 0 radical (unpaired) electrons. The van der Waals surface area contributed by atoms with Crippen LogP contribution in [0.5, 0.6) is 5.75 Å². The lowest BCUT2D eigenvalue weighted by Crippen LogP contribution is -2.42. The number of aliphatic hydroxyl groups is 1. The van der Waals surface area contributed by atoms with Gasteiger partial charge in [0.1, 0.15) is 5.75 Å². The summed E-state index contributed by atoms with van der Waals surface area (Å²) >= 11 is 0. The predicted octanol–water partition coefficient (Wildman–Crippen LogP) is 4.50. The van der Waals surface area contributed by atoms with Crippen LogP contribution in [0.2, 0.25) is 0 Å². The van der Waals surface area contributed by atoms with Crippen molar-refractivity contribution in [1.29, 1.82) is 0 Å². The highest BCUT2D eigenvalue weighted by atomic mass is 19.4. The van der Waals surface area contributed by atoms with Crippen molar-refractivity contribution in [2.45, 2.75) is 52.8 Å². The second-order valence-electron chi connectivity index (χ2n) is 5.87. The first-order valence-corrected chi connectivity index (χ1v) is 7.06. The van der Waals surface area contributed by atoms with Crippen molar-refractivity contribution in [3.8, 4) is 5.75 Å². The molecule has 2 nitrogen and oxygen atoms in total. The van der Waals surface area contributed by atoms with E-state index in [0.717, 1.165) is 0 Å². The Bertz CT molecular complexity index is 495. The van der Waals surface area contributed by atoms with E-state index in [1.807, 2.05) is 13.8 Å². The molecule has 1 N–H and O–H groups in total. The average Bonchev–Trinajstić information content (AvgIpc) is 2.34. The number of hydrogen-bond donors (Lipinski definition) is 1. The van der Waals surface area contributed by atoms with Crippen LogP contribution in [0.4, 0.5) is 13.2 Å². The van der Waals surface area contributed by atoms with Gasteiger partial charge >= 0.3 is 6.18 Å². The quantitative estimate of drug-likeness (QED) is 0.868. The summed E-state index contributed by atoms with van der Waals surface area (Å²) in [5.74, 6) is 0.315. The highest BCUT2D eigenvalue weighted by Crippen LogP contribution is 2.46. The Morgan fingerprint density at radius 3 is 2.19 bits per heavy atom. The van der Waals surface area contributed by atoms with Gasteiger partial charge in [-0.2, -0.15) is 13.2 Å². The van der Waals surface area contributed by atoms with Gasteiger partial charge in [0.05, 0.1) is 6.61 Å². The standard InChI is InChI=1S/C16H23F3O2/c1-6-15(20,16(17,18)19)13-8-11(4)7-12(5)14(13)21-9-10(2)3/h7-8,10,20H,6,9H2,1-5H3. The Hall–Kier alpha value is -1.23. The van der Waals surface area contributed by atoms with Crippen molar-refractivity contribution in [2.75, 3.05) is 6.61 Å². The van der Waals surface area contributed by atoms with E-state index >= 15 is 0 Å². The lowest BCUT2D eigenvalue weighted by molar-refractivity contribution is -0.268. The van der Waals surface area contributed by atoms with Gasteiger partial charge in [-0.05, 0) is 37.8 Å². The van der Waals surface area contributed by atoms with Crippen LogP contribution in [0.1, 0.15) is 43.9 Å². The third-order valence-corrected chi connectivity index (χ3v) is 3.41. The van der Waals surface area contributed by atoms with Crippen LogP contribution in [0.25, 0.3) is 0 Å². The second kappa shape index (κ2) is 6.26. The maximum atomic E-state index is 13.3. The first-order valence-electron chi connectivity index (χ1n) is 7.06. The Kier molecular flexibility index (Phi) is 5.31. The first-order chi connectivity index (χ1) is 9.52. The van der Waals surface area contributed by atoms with Crippen LogP contribution < -0.4 is 4.74 Å². The molecule has 0 aromatic heterocycles. The van der Waals surface area contributed by atoms with E-state index in [-0.39, 0.29) is 17.2 Å². The Labute approximate surface area is 123 Å². The summed E-state index contributed by atoms with van der Waals surface area (Å²) in [7, 11) is 0. The summed E-state index contributed by atoms with van der Waals surface area (Å²) < 4.78 is 45.5. The van der Waals surface area contributed by atoms with E-state index in [0.29, 0.717) is 17.7 Å². The number of ether oxygens (including phenoxy) is 1. The predicted molar refractivity (Wildman–Crippen MR) is 76.5 cm³/mol. The zero-order chi connectivity index (χ0) is 16.4. The molecule has 5 heteroatoms. The smallest absolute Gasteiger partial charge is 0.421 e. The minimum atomic E-state index is -4.75. The van der Waals surface area contributed by atoms with Crippen LogP contribution in [0, 0.1) is 19.8 Å². The van der Waals surface area contributed by atoms with Crippen LogP contribution in [-0.2, 0) is 5.60 Å². The summed E-state index contributed by atoms with van der Waals surface area (Å²) in [6, 6.07) is 3.12. The normalized spacial score (nSPS) is 15.1. The number of benzene rings is 1. The number of halogens is 3. The minimum Gasteiger partial charge on any atom is -0.493 e. The topological polar surface area (TPSA) is 29.5 Å². The number of rotatable bonds is 5. The lowest BCUT2D eigenvalue weighted by atomic mass is 9.87. The molecule has 21 heavy (non-hydrogen) atoms. The lowest BCUT2D eigenvalue weighted by Gasteiger charge is -2.32. The Balaban J connectivity index is 3.45. The van der Waals surface area contributed by atoms with Gasteiger partial charge in [-0.15, -0.1) is 0 Å². The van der Waals surface area contributed by atoms with E-state index in [1.54, 1.807) is 19.9 Å². The summed E-state index contributed by atoms with van der Waals surface area (Å²) in [4.78, 5) is 0. The van der Waals surface area contributed by atoms with Crippen molar-refractivity contribution in [2.24, 2.45) is 5.92 Å². The van der Waals surface area contributed by atoms with Gasteiger partial charge in [0.2, 0.25) is 0 Å². The van der Waals surface area contributed by atoms with Crippen molar-refractivity contribution in [3.63, 3.8) is 0 Å². The van der Waals surface area contributed by atoms with Crippen LogP contribution in [0.3, 0.4) is 0 Å². The van der Waals surface area contributed by atoms with Crippen molar-refractivity contribution in [1.82, 2.24) is 0 Å². The van der Waals surface area contributed by atoms with Gasteiger partial charge in [0.25, 0.3) is 0 Å². The maximum absolute atomic E-state index is 13.3. The fraction of sp³-hybridized carbons (Fsp3) is 0.625. The van der Waals surface area contributed by atoms with Gasteiger partial charge in [0, 0.05) is 5.56 Å². The molecule has 0 aliphatic carbocycles. The van der Waals surface area contributed by atoms with Crippen molar-refractivity contribution in [3.05, 3.63) is 28.8 Å². The monoisotopic (exact) mass is 304 g/mol. The average molecular weight is 304 g/mol. The Morgan fingerprint density at radius 2 is 1.76 bits per heavy atom. The molecule has 0 fully saturated rings. The minimum absolute atomic E-state index is 0.135. The molecule has 0 heterocycles. The van der Waals surface area contributed by atoms with Gasteiger partial charge in [-0.3, -0.25) is 0 Å². The van der Waals surface area contributed by atoms with E-state index in [2.05, 4.69) is 0 Å². The van der Waals surface area contributed by atoms with E-state index in [4.69, 9.17) is 4.74 Å². The van der Waals surface area contributed by atoms with Crippen LogP contribution in [0.15, 0.2) is 12.1 Å². The Morgan fingerprint density at radius 1 is 1.19 bits per heavy atom. The molecule has 1 atom stereocenters. The molecule has 0 spiro atoms. The maximum Gasteiger partial charge on any atom is 0.421 e. The summed E-state index contributed by atoms with van der Waals surface area (Å²) in [6.07, 6.45) is -5.21. The fourth-order valence-electron chi connectivity index (χ4n) is 2.25. The molecule has 0 amide bonds. The van der Waals surface area contributed by atoms with Crippen LogP contribution in [-0.4, -0.2) is 17.9 Å². The van der Waals surface area contributed by atoms with E-state index in [1.165, 1.54) is 13.0 Å². The molecule has 0 aliphatic rings. The third kappa shape index (κ3) is 3.70. The van der Waals surface area contributed by atoms with Crippen LogP contribution >= 0.6 is 0 Å². The molecule has 0 aliphatic heterocycles. The first kappa shape index (κ1) is 17.8. The van der Waals surface area contributed by atoms with Gasteiger partial charge in [-0.25, -0.2) is 0 Å². The second-order valence-corrected chi connectivity index (χ2v) is 5.87. The molecule has 1 aromatic rings. The van der Waals surface area contributed by atoms with Gasteiger partial charge in [0.15, 0.2) is 5.60 Å². The fourth-order valence-corrected chi connectivity index (χ4v) is 2.25. The van der Waals surface area contributed by atoms with E-state index < -0.39 is 18.2 Å². The summed E-state index contributed by atoms with van der Waals surface area (Å²) in [6.45, 7) is 8.84. The molecule has 0 saturated carbocycles. The summed E-state index contributed by atoms with van der Waals surface area (Å²) in [5.41, 5.74) is -1.83. The van der Waals surface area contributed by atoms with Crippen molar-refractivity contribution < 1.29 is 23.0 Å². The zero-order valence-corrected chi connectivity index (χ0v) is 13.1. The third-order valence-electron chi connectivity index (χ3n) is 3.41. The molecule has 1 rings (SSSR count). The summed E-state index contributed by atoms with van der Waals surface area (Å²) in [5, 5.41) is 10.2. The largest absolute Gasteiger partial charge is 0.493 e. The molecule has 0 saturated heterocycles. The molecule has 0 bridgehead atoms. The van der Waals surface area contributed by atoms with E-state index in [9.17, 15) is 18.3 Å². The molecule has 1 unspecified atom stereocenters. The molecular formula is C16H23F3O2. The number of alkyl halides is 3. The SMILES string of the molecule is CCC(O)(c1cc(C)cc(C)c1OCC(C)C)C(F)(F)F. The van der Waals surface area contributed by atoms with Gasteiger partial charge < -0.3 is 9.84 Å². The highest BCUT2D eigenvalue weighted by molar-refractivity contribution is 5.47. The van der Waals surface area contributed by atoms with Gasteiger partial charge in [-0.1, -0.05) is 32.4 Å². The molecule has 1 aromatic carbocycles. The zero-order valence-electron chi connectivity index (χ0n) is 13.1. The highest BCUT2D eigenvalue weighted by Gasteiger charge is 2.55. The van der Waals surface area contributed by atoms with Crippen molar-refractivity contribution >= 4 is 0 Å². The number of aryl methyl sites for hydroxylation is 2. The molecule has 120 valence electrons. The molecular weight excluding hydrogens is 281 g/mol. The number of hydrogen-bond acceptors (Lipinski definition) is 2.